The Morgan fingerprint density at radius 3 is 3.00 bits per heavy atom. The van der Waals surface area contributed by atoms with Crippen molar-refractivity contribution in [3.63, 3.8) is 0 Å². The van der Waals surface area contributed by atoms with Crippen molar-refractivity contribution >= 4 is 10.9 Å². The maximum Gasteiger partial charge on any atom is 0.0729 e. The molecule has 3 nitrogen and oxygen atoms in total. The second kappa shape index (κ2) is 4.49. The number of rotatable bonds is 4. The molecule has 0 aliphatic heterocycles. The second-order valence-corrected chi connectivity index (χ2v) is 3.97. The quantitative estimate of drug-likeness (QED) is 0.794. The van der Waals surface area contributed by atoms with E-state index in [-0.39, 0.29) is 0 Å². The van der Waals surface area contributed by atoms with Crippen molar-refractivity contribution in [3.8, 4) is 0 Å². The van der Waals surface area contributed by atoms with E-state index in [1.807, 2.05) is 36.0 Å². The number of benzene rings is 1. The molecule has 1 N–H and O–H groups in total. The van der Waals surface area contributed by atoms with Crippen LogP contribution in [0.2, 0.25) is 0 Å². The van der Waals surface area contributed by atoms with Gasteiger partial charge in [0.05, 0.1) is 17.3 Å². The molecule has 1 atom stereocenters. The highest BCUT2D eigenvalue weighted by Gasteiger charge is 2.11. The van der Waals surface area contributed by atoms with E-state index in [4.69, 9.17) is 0 Å². The predicted molar refractivity (Wildman–Crippen MR) is 65.2 cm³/mol. The first-order chi connectivity index (χ1) is 7.72. The molecule has 1 aromatic carbocycles. The van der Waals surface area contributed by atoms with Crippen LogP contribution in [-0.2, 0) is 13.5 Å². The molecule has 0 amide bonds. The fourth-order valence-corrected chi connectivity index (χ4v) is 1.94. The van der Waals surface area contributed by atoms with Gasteiger partial charge in [0.2, 0.25) is 0 Å². The molecule has 0 fully saturated rings. The monoisotopic (exact) mass is 216 g/mol. The SMILES string of the molecule is C=CCC(O)Cc1nn(C)c2ccccc12. The molecule has 16 heavy (non-hydrogen) atoms. The molecule has 1 aromatic heterocycles. The minimum atomic E-state index is -0.393. The summed E-state index contributed by atoms with van der Waals surface area (Å²) in [6.07, 6.45) is 2.52. The molecule has 0 aliphatic carbocycles. The summed E-state index contributed by atoms with van der Waals surface area (Å²) < 4.78 is 1.85. The van der Waals surface area contributed by atoms with Gasteiger partial charge in [0.15, 0.2) is 0 Å². The van der Waals surface area contributed by atoms with Gasteiger partial charge < -0.3 is 5.11 Å². The lowest BCUT2D eigenvalue weighted by atomic mass is 10.1. The zero-order chi connectivity index (χ0) is 11.5. The lowest BCUT2D eigenvalue weighted by Crippen LogP contribution is -2.09. The van der Waals surface area contributed by atoms with Crippen LogP contribution < -0.4 is 0 Å². The Balaban J connectivity index is 2.34. The van der Waals surface area contributed by atoms with Gasteiger partial charge in [-0.3, -0.25) is 4.68 Å². The zero-order valence-electron chi connectivity index (χ0n) is 9.43. The van der Waals surface area contributed by atoms with Crippen LogP contribution in [-0.4, -0.2) is 21.0 Å². The normalized spacial score (nSPS) is 12.9. The number of nitrogens with zero attached hydrogens (tertiary/aromatic N) is 2. The molecule has 0 aliphatic rings. The number of hydrogen-bond donors (Lipinski definition) is 1. The standard InChI is InChI=1S/C13H16N2O/c1-3-6-10(16)9-12-11-7-4-5-8-13(11)15(2)14-12/h3-5,7-8,10,16H,1,6,9H2,2H3. The minimum absolute atomic E-state index is 0.393. The first kappa shape index (κ1) is 10.9. The van der Waals surface area contributed by atoms with E-state index in [0.717, 1.165) is 16.6 Å². The van der Waals surface area contributed by atoms with Crippen LogP contribution >= 0.6 is 0 Å². The summed E-state index contributed by atoms with van der Waals surface area (Å²) in [6, 6.07) is 8.06. The number of fused-ring (bicyclic) bond motifs is 1. The Hall–Kier alpha value is -1.61. The molecule has 0 saturated carbocycles. The van der Waals surface area contributed by atoms with E-state index in [9.17, 15) is 5.11 Å². The van der Waals surface area contributed by atoms with Gasteiger partial charge in [0.1, 0.15) is 0 Å². The molecule has 0 radical (unpaired) electrons. The first-order valence-corrected chi connectivity index (χ1v) is 5.42. The van der Waals surface area contributed by atoms with Crippen LogP contribution in [0.25, 0.3) is 10.9 Å². The third-order valence-corrected chi connectivity index (χ3v) is 2.70. The van der Waals surface area contributed by atoms with Crippen molar-refractivity contribution in [1.82, 2.24) is 9.78 Å². The molecule has 0 bridgehead atoms. The summed E-state index contributed by atoms with van der Waals surface area (Å²) in [6.45, 7) is 3.62. The minimum Gasteiger partial charge on any atom is -0.392 e. The Bertz CT molecular complexity index is 502. The lowest BCUT2D eigenvalue weighted by molar-refractivity contribution is 0.177. The zero-order valence-corrected chi connectivity index (χ0v) is 9.43. The maximum absolute atomic E-state index is 9.75. The van der Waals surface area contributed by atoms with Gasteiger partial charge in [-0.05, 0) is 12.5 Å². The van der Waals surface area contributed by atoms with Crippen LogP contribution in [0, 0.1) is 0 Å². The Labute approximate surface area is 95.0 Å². The van der Waals surface area contributed by atoms with Gasteiger partial charge in [-0.15, -0.1) is 6.58 Å². The third-order valence-electron chi connectivity index (χ3n) is 2.70. The molecule has 2 rings (SSSR count). The summed E-state index contributed by atoms with van der Waals surface area (Å²) in [5, 5.41) is 15.3. The molecular formula is C13H16N2O. The highest BCUT2D eigenvalue weighted by molar-refractivity contribution is 5.81. The molecule has 0 saturated heterocycles. The van der Waals surface area contributed by atoms with Crippen molar-refractivity contribution in [2.24, 2.45) is 7.05 Å². The van der Waals surface area contributed by atoms with Crippen molar-refractivity contribution in [1.29, 1.82) is 0 Å². The van der Waals surface area contributed by atoms with Crippen molar-refractivity contribution in [2.75, 3.05) is 0 Å². The molecule has 1 unspecified atom stereocenters. The number of aromatic nitrogens is 2. The molecule has 1 heterocycles. The number of aliphatic hydroxyl groups is 1. The Morgan fingerprint density at radius 2 is 2.25 bits per heavy atom. The van der Waals surface area contributed by atoms with Gasteiger partial charge >= 0.3 is 0 Å². The molecule has 0 spiro atoms. The van der Waals surface area contributed by atoms with E-state index in [1.165, 1.54) is 0 Å². The molecule has 84 valence electrons. The van der Waals surface area contributed by atoms with Gasteiger partial charge in [-0.2, -0.15) is 5.10 Å². The Morgan fingerprint density at radius 1 is 1.50 bits per heavy atom. The molecule has 2 aromatic rings. The highest BCUT2D eigenvalue weighted by Crippen LogP contribution is 2.19. The largest absolute Gasteiger partial charge is 0.392 e. The smallest absolute Gasteiger partial charge is 0.0729 e. The van der Waals surface area contributed by atoms with E-state index in [2.05, 4.69) is 11.7 Å². The highest BCUT2D eigenvalue weighted by atomic mass is 16.3. The summed E-state index contributed by atoms with van der Waals surface area (Å²) in [7, 11) is 1.92. The van der Waals surface area contributed by atoms with Crippen LogP contribution in [0.1, 0.15) is 12.1 Å². The lowest BCUT2D eigenvalue weighted by Gasteiger charge is -2.04. The van der Waals surface area contributed by atoms with E-state index < -0.39 is 6.10 Å². The number of para-hydroxylation sites is 1. The number of aliphatic hydroxyl groups excluding tert-OH is 1. The van der Waals surface area contributed by atoms with E-state index >= 15 is 0 Å². The maximum atomic E-state index is 9.75. The number of aryl methyl sites for hydroxylation is 1. The van der Waals surface area contributed by atoms with Crippen molar-refractivity contribution in [3.05, 3.63) is 42.6 Å². The average Bonchev–Trinajstić information content (AvgIpc) is 2.57. The fraction of sp³-hybridized carbons (Fsp3) is 0.308. The molecule has 3 heteroatoms. The summed E-state index contributed by atoms with van der Waals surface area (Å²) in [4.78, 5) is 0. The fourth-order valence-electron chi connectivity index (χ4n) is 1.94. The molecular weight excluding hydrogens is 200 g/mol. The average molecular weight is 216 g/mol. The van der Waals surface area contributed by atoms with Crippen LogP contribution in [0.3, 0.4) is 0 Å². The van der Waals surface area contributed by atoms with Crippen molar-refractivity contribution in [2.45, 2.75) is 18.9 Å². The number of hydrogen-bond acceptors (Lipinski definition) is 2. The Kier molecular flexibility index (Phi) is 3.06. The van der Waals surface area contributed by atoms with Gasteiger partial charge in [-0.25, -0.2) is 0 Å². The summed E-state index contributed by atoms with van der Waals surface area (Å²) in [5.74, 6) is 0. The predicted octanol–water partition coefficient (Wildman–Crippen LogP) is 2.05. The van der Waals surface area contributed by atoms with Crippen LogP contribution in [0.15, 0.2) is 36.9 Å². The van der Waals surface area contributed by atoms with E-state index in [0.29, 0.717) is 12.8 Å². The first-order valence-electron chi connectivity index (χ1n) is 5.42. The van der Waals surface area contributed by atoms with Gasteiger partial charge in [0.25, 0.3) is 0 Å². The second-order valence-electron chi connectivity index (χ2n) is 3.97. The van der Waals surface area contributed by atoms with Crippen LogP contribution in [0.5, 0.6) is 0 Å². The third kappa shape index (κ3) is 1.99. The van der Waals surface area contributed by atoms with Crippen molar-refractivity contribution < 1.29 is 5.11 Å². The summed E-state index contributed by atoms with van der Waals surface area (Å²) in [5.41, 5.74) is 2.05. The van der Waals surface area contributed by atoms with E-state index in [1.54, 1.807) is 6.08 Å². The van der Waals surface area contributed by atoms with Gasteiger partial charge in [0, 0.05) is 18.9 Å². The summed E-state index contributed by atoms with van der Waals surface area (Å²) >= 11 is 0. The van der Waals surface area contributed by atoms with Gasteiger partial charge in [-0.1, -0.05) is 24.3 Å². The van der Waals surface area contributed by atoms with Crippen LogP contribution in [0.4, 0.5) is 0 Å². The topological polar surface area (TPSA) is 38.1 Å².